The van der Waals surface area contributed by atoms with Crippen molar-refractivity contribution in [2.75, 3.05) is 13.2 Å². The summed E-state index contributed by atoms with van der Waals surface area (Å²) in [6.07, 6.45) is 1.35. The zero-order valence-corrected chi connectivity index (χ0v) is 25.4. The highest BCUT2D eigenvalue weighted by Crippen LogP contribution is 2.39. The molecule has 1 aliphatic heterocycles. The normalized spacial score (nSPS) is 16.4. The molecule has 1 aliphatic rings. The molecule has 0 aromatic heterocycles. The molecule has 0 fully saturated rings. The van der Waals surface area contributed by atoms with Gasteiger partial charge in [0.15, 0.2) is 8.32 Å². The largest absolute Gasteiger partial charge is 0.445 e. The Morgan fingerprint density at radius 3 is 2.15 bits per heavy atom. The third-order valence-corrected chi connectivity index (χ3v) is 12.8. The molecule has 4 nitrogen and oxygen atoms in total. The number of hydrogen-bond donors (Lipinski definition) is 0. The van der Waals surface area contributed by atoms with Gasteiger partial charge in [-0.25, -0.2) is 4.79 Å². The fraction of sp³-hybridized carbons (Fsp3) is 0.382. The standard InChI is InChI=1S/C34H43NO3Si/c1-7-27-23-35(33(36)37-24-26-15-10-8-11-16-26)31(25-38-39(5,6)34(2,3)4)22-32(27)30-20-14-19-29(21-30)28-17-12-9-13-18-28/h8-21,31H,7,22-25H2,1-6H3. The maximum absolute atomic E-state index is 13.5. The fourth-order valence-electron chi connectivity index (χ4n) is 4.77. The van der Waals surface area contributed by atoms with Gasteiger partial charge in [0.25, 0.3) is 0 Å². The van der Waals surface area contributed by atoms with E-state index in [9.17, 15) is 4.79 Å². The van der Waals surface area contributed by atoms with E-state index in [-0.39, 0.29) is 23.8 Å². The van der Waals surface area contributed by atoms with Crippen LogP contribution in [0.25, 0.3) is 16.7 Å². The van der Waals surface area contributed by atoms with Crippen LogP contribution in [-0.2, 0) is 15.8 Å². The van der Waals surface area contributed by atoms with Crippen molar-refractivity contribution in [2.24, 2.45) is 0 Å². The molecule has 1 amide bonds. The van der Waals surface area contributed by atoms with Crippen LogP contribution >= 0.6 is 0 Å². The first kappa shape index (κ1) is 28.8. The number of carbonyl (C=O) groups excluding carboxylic acids is 1. The van der Waals surface area contributed by atoms with Gasteiger partial charge in [-0.3, -0.25) is 4.90 Å². The van der Waals surface area contributed by atoms with Gasteiger partial charge in [0.05, 0.1) is 12.6 Å². The van der Waals surface area contributed by atoms with Crippen LogP contribution < -0.4 is 0 Å². The van der Waals surface area contributed by atoms with Gasteiger partial charge >= 0.3 is 6.09 Å². The Bertz CT molecular complexity index is 1280. The predicted octanol–water partition coefficient (Wildman–Crippen LogP) is 8.95. The fourth-order valence-corrected chi connectivity index (χ4v) is 5.81. The molecule has 1 atom stereocenters. The minimum atomic E-state index is -2.00. The monoisotopic (exact) mass is 541 g/mol. The second-order valence-corrected chi connectivity index (χ2v) is 16.8. The van der Waals surface area contributed by atoms with Crippen molar-refractivity contribution < 1.29 is 14.0 Å². The summed E-state index contributed by atoms with van der Waals surface area (Å²) in [7, 11) is -2.00. The first-order valence-corrected chi connectivity index (χ1v) is 17.0. The molecule has 0 spiro atoms. The van der Waals surface area contributed by atoms with E-state index in [4.69, 9.17) is 9.16 Å². The minimum absolute atomic E-state index is 0.0897. The molecule has 3 aromatic carbocycles. The quantitative estimate of drug-likeness (QED) is 0.267. The van der Waals surface area contributed by atoms with Gasteiger partial charge in [0, 0.05) is 6.54 Å². The Morgan fingerprint density at radius 1 is 0.897 bits per heavy atom. The zero-order valence-electron chi connectivity index (χ0n) is 24.4. The van der Waals surface area contributed by atoms with E-state index in [0.717, 1.165) is 18.4 Å². The lowest BCUT2D eigenvalue weighted by Crippen LogP contribution is -2.50. The highest BCUT2D eigenvalue weighted by Gasteiger charge is 2.40. The van der Waals surface area contributed by atoms with Crippen molar-refractivity contribution in [2.45, 2.75) is 71.3 Å². The molecule has 0 bridgehead atoms. The van der Waals surface area contributed by atoms with Crippen LogP contribution in [0.15, 0.2) is 90.5 Å². The van der Waals surface area contributed by atoms with Crippen molar-refractivity contribution in [3.05, 3.63) is 102 Å². The third-order valence-electron chi connectivity index (χ3n) is 8.30. The Balaban J connectivity index is 1.63. The Kier molecular flexibility index (Phi) is 9.14. The minimum Gasteiger partial charge on any atom is -0.445 e. The number of hydrogen-bond acceptors (Lipinski definition) is 3. The second-order valence-electron chi connectivity index (χ2n) is 12.0. The summed E-state index contributed by atoms with van der Waals surface area (Å²) in [6, 6.07) is 29.1. The number of amides is 1. The molecule has 206 valence electrons. The van der Waals surface area contributed by atoms with Crippen molar-refractivity contribution >= 4 is 20.0 Å². The van der Waals surface area contributed by atoms with Gasteiger partial charge < -0.3 is 9.16 Å². The van der Waals surface area contributed by atoms with Crippen LogP contribution in [0.5, 0.6) is 0 Å². The Morgan fingerprint density at radius 2 is 1.51 bits per heavy atom. The van der Waals surface area contributed by atoms with E-state index in [2.05, 4.69) is 89.3 Å². The molecule has 0 N–H and O–H groups in total. The highest BCUT2D eigenvalue weighted by molar-refractivity contribution is 6.74. The molecule has 0 radical (unpaired) electrons. The van der Waals surface area contributed by atoms with Crippen LogP contribution in [-0.4, -0.2) is 38.5 Å². The average Bonchev–Trinajstić information content (AvgIpc) is 2.95. The molecule has 0 saturated carbocycles. The van der Waals surface area contributed by atoms with Crippen molar-refractivity contribution in [3.63, 3.8) is 0 Å². The molecule has 3 aromatic rings. The molecule has 39 heavy (non-hydrogen) atoms. The van der Waals surface area contributed by atoms with Crippen molar-refractivity contribution in [1.82, 2.24) is 4.90 Å². The number of ether oxygens (including phenoxy) is 1. The Hall–Kier alpha value is -3.15. The molecule has 1 heterocycles. The maximum atomic E-state index is 13.5. The van der Waals surface area contributed by atoms with Crippen LogP contribution in [0, 0.1) is 0 Å². The van der Waals surface area contributed by atoms with E-state index < -0.39 is 8.32 Å². The molecule has 5 heteroatoms. The number of carbonyl (C=O) groups is 1. The van der Waals surface area contributed by atoms with Crippen LogP contribution in [0.4, 0.5) is 4.79 Å². The van der Waals surface area contributed by atoms with Gasteiger partial charge in [0.1, 0.15) is 6.61 Å². The number of rotatable bonds is 8. The smallest absolute Gasteiger partial charge is 0.410 e. The number of benzene rings is 3. The first-order chi connectivity index (χ1) is 18.6. The van der Waals surface area contributed by atoms with Crippen molar-refractivity contribution in [3.8, 4) is 11.1 Å². The van der Waals surface area contributed by atoms with Gasteiger partial charge in [-0.05, 0) is 70.4 Å². The molecular weight excluding hydrogens is 498 g/mol. The van der Waals surface area contributed by atoms with Crippen LogP contribution in [0.3, 0.4) is 0 Å². The topological polar surface area (TPSA) is 38.8 Å². The maximum Gasteiger partial charge on any atom is 0.410 e. The molecular formula is C34H43NO3Si. The molecule has 0 aliphatic carbocycles. The van der Waals surface area contributed by atoms with Gasteiger partial charge in [-0.2, -0.15) is 0 Å². The van der Waals surface area contributed by atoms with E-state index in [1.54, 1.807) is 0 Å². The summed E-state index contributed by atoms with van der Waals surface area (Å²) in [5.41, 5.74) is 7.23. The zero-order chi connectivity index (χ0) is 28.0. The predicted molar refractivity (Wildman–Crippen MR) is 164 cm³/mol. The van der Waals surface area contributed by atoms with Gasteiger partial charge in [0.2, 0.25) is 0 Å². The first-order valence-electron chi connectivity index (χ1n) is 14.1. The molecule has 0 saturated heterocycles. The van der Waals surface area contributed by atoms with Gasteiger partial charge in [-0.1, -0.05) is 107 Å². The third kappa shape index (κ3) is 7.08. The molecule has 1 unspecified atom stereocenters. The van der Waals surface area contributed by atoms with Crippen molar-refractivity contribution in [1.29, 1.82) is 0 Å². The van der Waals surface area contributed by atoms with E-state index in [1.165, 1.54) is 27.8 Å². The SMILES string of the molecule is CCC1=C(c2cccc(-c3ccccc3)c2)CC(CO[Si](C)(C)C(C)(C)C)N(C(=O)OCc2ccccc2)C1. The van der Waals surface area contributed by atoms with E-state index in [0.29, 0.717) is 13.2 Å². The molecule has 4 rings (SSSR count). The average molecular weight is 542 g/mol. The Labute approximate surface area is 235 Å². The second kappa shape index (κ2) is 12.4. The lowest BCUT2D eigenvalue weighted by Gasteiger charge is -2.41. The lowest BCUT2D eigenvalue weighted by atomic mass is 9.87. The van der Waals surface area contributed by atoms with Crippen LogP contribution in [0.2, 0.25) is 18.1 Å². The summed E-state index contributed by atoms with van der Waals surface area (Å²) in [4.78, 5) is 15.4. The highest BCUT2D eigenvalue weighted by atomic mass is 28.4. The summed E-state index contributed by atoms with van der Waals surface area (Å²) < 4.78 is 12.5. The summed E-state index contributed by atoms with van der Waals surface area (Å²) in [6.45, 7) is 14.8. The van der Waals surface area contributed by atoms with Gasteiger partial charge in [-0.15, -0.1) is 0 Å². The van der Waals surface area contributed by atoms with E-state index >= 15 is 0 Å². The summed E-state index contributed by atoms with van der Waals surface area (Å²) >= 11 is 0. The summed E-state index contributed by atoms with van der Waals surface area (Å²) in [5.74, 6) is 0. The summed E-state index contributed by atoms with van der Waals surface area (Å²) in [5, 5.41) is 0.0948. The van der Waals surface area contributed by atoms with E-state index in [1.807, 2.05) is 41.3 Å². The van der Waals surface area contributed by atoms with Crippen LogP contribution in [0.1, 0.15) is 51.7 Å². The number of nitrogens with zero attached hydrogens (tertiary/aromatic N) is 1. The lowest BCUT2D eigenvalue weighted by molar-refractivity contribution is 0.0683.